The Bertz CT molecular complexity index is 1070. The first kappa shape index (κ1) is 18.4. The van der Waals surface area contributed by atoms with Crippen LogP contribution >= 0.6 is 0 Å². The monoisotopic (exact) mass is 396 g/mol. The second-order valence-corrected chi connectivity index (χ2v) is 9.65. The molecule has 2 aromatic rings. The Morgan fingerprint density at radius 3 is 2.19 bits per heavy atom. The van der Waals surface area contributed by atoms with E-state index in [2.05, 4.69) is 4.72 Å². The van der Waals surface area contributed by atoms with E-state index in [0.717, 1.165) is 4.31 Å². The van der Waals surface area contributed by atoms with Crippen molar-refractivity contribution in [2.24, 2.45) is 0 Å². The summed E-state index contributed by atoms with van der Waals surface area (Å²) in [5, 5.41) is 0. The molecule has 2 aromatic carbocycles. The summed E-state index contributed by atoms with van der Waals surface area (Å²) in [5.41, 5.74) is 1.22. The van der Waals surface area contributed by atoms with Crippen molar-refractivity contribution in [3.8, 4) is 0 Å². The lowest BCUT2D eigenvalue weighted by Gasteiger charge is -2.12. The zero-order valence-corrected chi connectivity index (χ0v) is 15.6. The van der Waals surface area contributed by atoms with Crippen LogP contribution in [0.15, 0.2) is 52.3 Å². The summed E-state index contributed by atoms with van der Waals surface area (Å²) in [5.74, 6) is -0.501. The van der Waals surface area contributed by atoms with Crippen molar-refractivity contribution in [2.45, 2.75) is 16.4 Å². The Labute approximate surface area is 151 Å². The highest BCUT2D eigenvalue weighted by molar-refractivity contribution is 7.92. The number of carbonyl (C=O) groups is 1. The van der Waals surface area contributed by atoms with Crippen molar-refractivity contribution in [3.05, 3.63) is 53.6 Å². The van der Waals surface area contributed by atoms with Crippen LogP contribution in [0, 0.1) is 0 Å². The minimum absolute atomic E-state index is 0.0123. The average Bonchev–Trinajstić information content (AvgIpc) is 2.95. The van der Waals surface area contributed by atoms with E-state index in [0.29, 0.717) is 11.1 Å². The molecule has 0 bridgehead atoms. The number of fused-ring (bicyclic) bond motifs is 1. The number of cyclic esters (lactones) is 1. The van der Waals surface area contributed by atoms with Gasteiger partial charge in [0, 0.05) is 25.3 Å². The van der Waals surface area contributed by atoms with Gasteiger partial charge in [0.1, 0.15) is 6.61 Å². The van der Waals surface area contributed by atoms with Crippen LogP contribution in [-0.4, -0.2) is 41.2 Å². The normalized spacial score (nSPS) is 14.2. The van der Waals surface area contributed by atoms with E-state index in [4.69, 9.17) is 4.74 Å². The molecule has 0 amide bonds. The fourth-order valence-electron chi connectivity index (χ4n) is 2.39. The van der Waals surface area contributed by atoms with Crippen molar-refractivity contribution in [1.29, 1.82) is 0 Å². The molecule has 1 heterocycles. The van der Waals surface area contributed by atoms with Gasteiger partial charge in [-0.25, -0.2) is 25.9 Å². The van der Waals surface area contributed by atoms with E-state index >= 15 is 0 Å². The predicted molar refractivity (Wildman–Crippen MR) is 93.7 cm³/mol. The summed E-state index contributed by atoms with van der Waals surface area (Å²) in [6, 6.07) is 9.43. The first-order valence-corrected chi connectivity index (χ1v) is 10.4. The third kappa shape index (κ3) is 3.30. The van der Waals surface area contributed by atoms with Gasteiger partial charge in [-0.05, 0) is 36.4 Å². The Morgan fingerprint density at radius 1 is 0.962 bits per heavy atom. The molecule has 0 spiro atoms. The van der Waals surface area contributed by atoms with Crippen LogP contribution in [0.1, 0.15) is 15.9 Å². The first-order valence-electron chi connectivity index (χ1n) is 7.47. The largest absolute Gasteiger partial charge is 0.457 e. The van der Waals surface area contributed by atoms with E-state index < -0.39 is 26.0 Å². The van der Waals surface area contributed by atoms with Gasteiger partial charge in [-0.2, -0.15) is 0 Å². The number of esters is 1. The number of hydrogen-bond acceptors (Lipinski definition) is 6. The summed E-state index contributed by atoms with van der Waals surface area (Å²) >= 11 is 0. The molecule has 0 radical (unpaired) electrons. The van der Waals surface area contributed by atoms with Crippen molar-refractivity contribution in [2.75, 3.05) is 18.8 Å². The second-order valence-electron chi connectivity index (χ2n) is 5.81. The van der Waals surface area contributed by atoms with E-state index in [9.17, 15) is 21.6 Å². The van der Waals surface area contributed by atoms with Crippen molar-refractivity contribution >= 4 is 31.7 Å². The smallest absolute Gasteiger partial charge is 0.338 e. The van der Waals surface area contributed by atoms with Gasteiger partial charge in [0.05, 0.1) is 15.4 Å². The summed E-state index contributed by atoms with van der Waals surface area (Å²) in [6.45, 7) is 0.170. The quantitative estimate of drug-likeness (QED) is 0.765. The highest BCUT2D eigenvalue weighted by Gasteiger charge is 2.23. The Morgan fingerprint density at radius 2 is 1.58 bits per heavy atom. The molecule has 0 aliphatic carbocycles. The number of benzene rings is 2. The van der Waals surface area contributed by atoms with Gasteiger partial charge in [0.2, 0.25) is 10.0 Å². The fraction of sp³-hybridized carbons (Fsp3) is 0.188. The molecule has 0 atom stereocenters. The van der Waals surface area contributed by atoms with E-state index in [1.807, 2.05) is 0 Å². The maximum atomic E-state index is 12.5. The van der Waals surface area contributed by atoms with Crippen LogP contribution in [0.2, 0.25) is 0 Å². The maximum absolute atomic E-state index is 12.5. The van der Waals surface area contributed by atoms with Crippen molar-refractivity contribution in [3.63, 3.8) is 0 Å². The Kier molecular flexibility index (Phi) is 4.51. The Hall–Kier alpha value is -2.43. The number of nitrogens with one attached hydrogen (secondary N) is 1. The van der Waals surface area contributed by atoms with Crippen LogP contribution in [-0.2, 0) is 31.4 Å². The van der Waals surface area contributed by atoms with Gasteiger partial charge in [-0.3, -0.25) is 4.72 Å². The van der Waals surface area contributed by atoms with Crippen LogP contribution < -0.4 is 4.72 Å². The van der Waals surface area contributed by atoms with Crippen LogP contribution in [0.25, 0.3) is 0 Å². The molecule has 26 heavy (non-hydrogen) atoms. The lowest BCUT2D eigenvalue weighted by molar-refractivity contribution is 0.0535. The fourth-order valence-corrected chi connectivity index (χ4v) is 4.34. The van der Waals surface area contributed by atoms with Crippen molar-refractivity contribution < 1.29 is 26.4 Å². The number of hydrogen-bond donors (Lipinski definition) is 1. The molecule has 1 aliphatic heterocycles. The zero-order valence-electron chi connectivity index (χ0n) is 14.0. The van der Waals surface area contributed by atoms with Crippen LogP contribution in [0.3, 0.4) is 0 Å². The molecule has 10 heteroatoms. The summed E-state index contributed by atoms with van der Waals surface area (Å²) in [4.78, 5) is 11.5. The van der Waals surface area contributed by atoms with Crippen LogP contribution in [0.5, 0.6) is 0 Å². The number of nitrogens with zero attached hydrogens (tertiary/aromatic N) is 1. The second kappa shape index (κ2) is 6.38. The third-order valence-corrected chi connectivity index (χ3v) is 7.08. The molecular formula is C16H16N2O6S2. The van der Waals surface area contributed by atoms with Gasteiger partial charge < -0.3 is 4.74 Å². The standard InChI is InChI=1S/C16H16N2O6S2/c1-18(2)26(22,23)14-7-5-13(6-8-14)25(20,21)17-12-4-3-11-10-24-16(19)15(11)9-12/h3-9,17H,10H2,1-2H3. The van der Waals surface area contributed by atoms with Crippen LogP contribution in [0.4, 0.5) is 5.69 Å². The maximum Gasteiger partial charge on any atom is 0.338 e. The lowest BCUT2D eigenvalue weighted by Crippen LogP contribution is -2.22. The van der Waals surface area contributed by atoms with E-state index in [-0.39, 0.29) is 22.1 Å². The average molecular weight is 396 g/mol. The van der Waals surface area contributed by atoms with Crippen molar-refractivity contribution in [1.82, 2.24) is 4.31 Å². The molecule has 0 saturated heterocycles. The van der Waals surface area contributed by atoms with Gasteiger partial charge in [0.15, 0.2) is 0 Å². The minimum Gasteiger partial charge on any atom is -0.457 e. The zero-order chi connectivity index (χ0) is 19.1. The van der Waals surface area contributed by atoms with Gasteiger partial charge in [0.25, 0.3) is 10.0 Å². The van der Waals surface area contributed by atoms with Gasteiger partial charge >= 0.3 is 5.97 Å². The molecule has 1 aliphatic rings. The molecule has 0 aromatic heterocycles. The van der Waals surface area contributed by atoms with E-state index in [1.165, 1.54) is 50.5 Å². The minimum atomic E-state index is -3.94. The predicted octanol–water partition coefficient (Wildman–Crippen LogP) is 1.41. The number of sulfonamides is 2. The summed E-state index contributed by atoms with van der Waals surface area (Å²) < 4.78 is 57.4. The number of ether oxygens (including phenoxy) is 1. The molecule has 1 N–H and O–H groups in total. The molecule has 3 rings (SSSR count). The number of carbonyl (C=O) groups excluding carboxylic acids is 1. The number of anilines is 1. The molecular weight excluding hydrogens is 380 g/mol. The highest BCUT2D eigenvalue weighted by atomic mass is 32.2. The molecule has 8 nitrogen and oxygen atoms in total. The summed E-state index contributed by atoms with van der Waals surface area (Å²) in [7, 11) is -4.81. The lowest BCUT2D eigenvalue weighted by atomic mass is 10.1. The Balaban J connectivity index is 1.87. The number of rotatable bonds is 5. The van der Waals surface area contributed by atoms with E-state index in [1.54, 1.807) is 6.07 Å². The first-order chi connectivity index (χ1) is 12.1. The third-order valence-electron chi connectivity index (χ3n) is 3.85. The van der Waals surface area contributed by atoms with Gasteiger partial charge in [-0.15, -0.1) is 0 Å². The highest BCUT2D eigenvalue weighted by Crippen LogP contribution is 2.25. The molecule has 0 saturated carbocycles. The topological polar surface area (TPSA) is 110 Å². The molecule has 0 fully saturated rings. The SMILES string of the molecule is CN(C)S(=O)(=O)c1ccc(S(=O)(=O)Nc2ccc3c(c2)C(=O)OC3)cc1. The molecule has 138 valence electrons. The summed E-state index contributed by atoms with van der Waals surface area (Å²) in [6.07, 6.45) is 0. The molecule has 0 unspecified atom stereocenters. The van der Waals surface area contributed by atoms with Gasteiger partial charge in [-0.1, -0.05) is 6.07 Å².